The molecule has 0 saturated carbocycles. The zero-order chi connectivity index (χ0) is 4.28. The van der Waals surface area contributed by atoms with Gasteiger partial charge in [-0.25, -0.2) is 0 Å². The molecule has 0 amide bonds. The van der Waals surface area contributed by atoms with Gasteiger partial charge in [0.05, 0.1) is 0 Å². The Labute approximate surface area is 33.7 Å². The van der Waals surface area contributed by atoms with Crippen molar-refractivity contribution >= 4 is 23.1 Å². The summed E-state index contributed by atoms with van der Waals surface area (Å²) in [5, 5.41) is -1.08. The minimum atomic E-state index is -1.08. The van der Waals surface area contributed by atoms with Crippen LogP contribution < -0.4 is 0 Å². The highest BCUT2D eigenvalue weighted by Crippen LogP contribution is 1.65. The summed E-state index contributed by atoms with van der Waals surface area (Å²) in [5.41, 5.74) is 0. The molecule has 0 aliphatic heterocycles. The fourth-order valence-electron chi connectivity index (χ4n) is 0. The zero-order valence-corrected chi connectivity index (χ0v) is 2.95. The number of carbonyl (C=O) groups is 1. The highest BCUT2D eigenvalue weighted by Gasteiger charge is 1.84. The molecule has 0 aromatic carbocycles. The fraction of sp³-hybridized carbons (Fsp3) is 0. The molecule has 3 heteroatoms. The van der Waals surface area contributed by atoms with E-state index in [1.807, 2.05) is 0 Å². The van der Waals surface area contributed by atoms with Crippen LogP contribution in [0.2, 0.25) is 0 Å². The summed E-state index contributed by atoms with van der Waals surface area (Å²) in [6.45, 7) is 0. The Hall–Kier alpha value is -0.370. The summed E-state index contributed by atoms with van der Waals surface area (Å²) >= 11 is 4.40. The molecule has 0 aliphatic carbocycles. The molecule has 0 aliphatic rings. The van der Waals surface area contributed by atoms with Crippen LogP contribution in [0.4, 0.5) is 0 Å². The summed E-state index contributed by atoms with van der Waals surface area (Å²) in [6.07, 6.45) is 0.904. The highest BCUT2D eigenvalue weighted by molar-refractivity contribution is 6.77. The molecule has 0 heterocycles. The number of halogens is 1. The maximum absolute atomic E-state index is 9.15. The predicted octanol–water partition coefficient (Wildman–Crippen LogP) is -0.139. The van der Waals surface area contributed by atoms with Gasteiger partial charge in [0.15, 0.2) is 0 Å². The van der Waals surface area contributed by atoms with Crippen molar-refractivity contribution in [3.63, 3.8) is 0 Å². The molecular formula is C2ClO2. The second kappa shape index (κ2) is 1.91. The summed E-state index contributed by atoms with van der Waals surface area (Å²) < 4.78 is 0. The van der Waals surface area contributed by atoms with E-state index >= 15 is 0 Å². The molecular weight excluding hydrogens is 91.5 g/mol. The van der Waals surface area contributed by atoms with E-state index in [-0.39, 0.29) is 0 Å². The van der Waals surface area contributed by atoms with Crippen LogP contribution in [0.25, 0.3) is 0 Å². The molecule has 0 aromatic rings. The van der Waals surface area contributed by atoms with Crippen molar-refractivity contribution < 1.29 is 9.59 Å². The molecule has 0 N–H and O–H groups in total. The monoisotopic (exact) mass is 91.0 g/mol. The third-order valence-electron chi connectivity index (χ3n) is 0.0802. The molecule has 0 aromatic heterocycles. The molecule has 27 valence electrons. The van der Waals surface area contributed by atoms with E-state index < -0.39 is 5.24 Å². The van der Waals surface area contributed by atoms with Crippen LogP contribution in [0.5, 0.6) is 0 Å². The lowest BCUT2D eigenvalue weighted by molar-refractivity contribution is -0.106. The van der Waals surface area contributed by atoms with E-state index in [0.717, 1.165) is 6.29 Å². The van der Waals surface area contributed by atoms with Crippen LogP contribution in [0.1, 0.15) is 0 Å². The summed E-state index contributed by atoms with van der Waals surface area (Å²) in [4.78, 5) is 18.1. The van der Waals surface area contributed by atoms with E-state index in [2.05, 4.69) is 11.6 Å². The summed E-state index contributed by atoms with van der Waals surface area (Å²) in [6, 6.07) is 0. The van der Waals surface area contributed by atoms with Gasteiger partial charge in [-0.05, 0) is 11.6 Å². The third-order valence-corrected chi connectivity index (χ3v) is 0.157. The van der Waals surface area contributed by atoms with Gasteiger partial charge in [0.1, 0.15) is 0 Å². The van der Waals surface area contributed by atoms with Gasteiger partial charge in [0.2, 0.25) is 0 Å². The fourth-order valence-corrected chi connectivity index (χ4v) is 0. The number of hydrogen-bond acceptors (Lipinski definition) is 2. The largest absolute Gasteiger partial charge is 0.296 e. The molecule has 0 rings (SSSR count). The lowest BCUT2D eigenvalue weighted by Gasteiger charge is -1.51. The van der Waals surface area contributed by atoms with Gasteiger partial charge in [-0.1, -0.05) is 0 Å². The van der Waals surface area contributed by atoms with Gasteiger partial charge in [-0.15, -0.1) is 0 Å². The summed E-state index contributed by atoms with van der Waals surface area (Å²) in [7, 11) is 0. The first kappa shape index (κ1) is 4.63. The van der Waals surface area contributed by atoms with Crippen molar-refractivity contribution in [2.24, 2.45) is 0 Å². The minimum absolute atomic E-state index is 0.904. The smallest absolute Gasteiger partial charge is 0.280 e. The Kier molecular flexibility index (Phi) is 1.76. The van der Waals surface area contributed by atoms with Gasteiger partial charge in [-0.3, -0.25) is 9.59 Å². The van der Waals surface area contributed by atoms with Crippen LogP contribution in [0.3, 0.4) is 0 Å². The average molecular weight is 91.5 g/mol. The van der Waals surface area contributed by atoms with Gasteiger partial charge in [-0.2, -0.15) is 0 Å². The SMILES string of the molecule is O=[C]C(=O)Cl. The third kappa shape index (κ3) is 3.63. The van der Waals surface area contributed by atoms with Crippen molar-refractivity contribution in [1.29, 1.82) is 0 Å². The van der Waals surface area contributed by atoms with Crippen LogP contribution in [0.15, 0.2) is 0 Å². The Balaban J connectivity index is 3.20. The van der Waals surface area contributed by atoms with Crippen molar-refractivity contribution in [1.82, 2.24) is 0 Å². The second-order valence-electron chi connectivity index (χ2n) is 0.376. The Morgan fingerprint density at radius 2 is 2.00 bits per heavy atom. The van der Waals surface area contributed by atoms with Crippen molar-refractivity contribution in [3.05, 3.63) is 0 Å². The molecule has 5 heavy (non-hydrogen) atoms. The van der Waals surface area contributed by atoms with E-state index in [1.54, 1.807) is 0 Å². The van der Waals surface area contributed by atoms with Gasteiger partial charge in [0.25, 0.3) is 11.5 Å². The highest BCUT2D eigenvalue weighted by atomic mass is 35.5. The van der Waals surface area contributed by atoms with E-state index in [9.17, 15) is 0 Å². The molecule has 0 atom stereocenters. The maximum Gasteiger partial charge on any atom is 0.296 e. The molecule has 2 nitrogen and oxygen atoms in total. The van der Waals surface area contributed by atoms with Crippen molar-refractivity contribution in [2.45, 2.75) is 0 Å². The van der Waals surface area contributed by atoms with Crippen LogP contribution in [-0.2, 0) is 9.59 Å². The number of rotatable bonds is 1. The molecule has 0 unspecified atom stereocenters. The van der Waals surface area contributed by atoms with Gasteiger partial charge < -0.3 is 0 Å². The van der Waals surface area contributed by atoms with Gasteiger partial charge in [0, 0.05) is 0 Å². The van der Waals surface area contributed by atoms with Crippen molar-refractivity contribution in [2.75, 3.05) is 0 Å². The quantitative estimate of drug-likeness (QED) is 0.333. The first-order chi connectivity index (χ1) is 2.27. The van der Waals surface area contributed by atoms with E-state index in [0.29, 0.717) is 0 Å². The average Bonchev–Trinajstić information content (AvgIpc) is 1.38. The van der Waals surface area contributed by atoms with Gasteiger partial charge >= 0.3 is 0 Å². The summed E-state index contributed by atoms with van der Waals surface area (Å²) in [5.74, 6) is 0. The maximum atomic E-state index is 9.15. The standard InChI is InChI=1S/C2ClO2/c3-2(5)1-4. The Bertz CT molecular complexity index is 58.7. The second-order valence-corrected chi connectivity index (χ2v) is 0.719. The molecule has 0 bridgehead atoms. The molecule has 0 spiro atoms. The van der Waals surface area contributed by atoms with E-state index in [4.69, 9.17) is 9.59 Å². The molecule has 1 radical (unpaired) electrons. The molecule has 0 saturated heterocycles. The number of hydrogen-bond donors (Lipinski definition) is 0. The first-order valence-electron chi connectivity index (χ1n) is 0.847. The topological polar surface area (TPSA) is 34.1 Å². The first-order valence-corrected chi connectivity index (χ1v) is 1.23. The number of carbonyl (C=O) groups excluding carboxylic acids is 2. The zero-order valence-electron chi connectivity index (χ0n) is 2.19. The predicted molar refractivity (Wildman–Crippen MR) is 16.6 cm³/mol. The van der Waals surface area contributed by atoms with E-state index in [1.165, 1.54) is 0 Å². The minimum Gasteiger partial charge on any atom is -0.280 e. The van der Waals surface area contributed by atoms with Crippen LogP contribution in [-0.4, -0.2) is 11.5 Å². The van der Waals surface area contributed by atoms with Crippen molar-refractivity contribution in [3.8, 4) is 0 Å². The Morgan fingerprint density at radius 3 is 2.00 bits per heavy atom. The van der Waals surface area contributed by atoms with Crippen LogP contribution >= 0.6 is 11.6 Å². The lowest BCUT2D eigenvalue weighted by atomic mass is 10.9. The normalized spacial score (nSPS) is 6.60. The van der Waals surface area contributed by atoms with Crippen LogP contribution in [0, 0.1) is 0 Å². The lowest BCUT2D eigenvalue weighted by Crippen LogP contribution is -1.80. The Morgan fingerprint density at radius 1 is 1.80 bits per heavy atom. The molecule has 0 fully saturated rings.